The van der Waals surface area contributed by atoms with E-state index in [0.29, 0.717) is 37.5 Å². The lowest BCUT2D eigenvalue weighted by Gasteiger charge is -2.43. The number of aliphatic hydroxyl groups excluding tert-OH is 2. The Bertz CT molecular complexity index is 1320. The monoisotopic (exact) mass is 490 g/mol. The van der Waals surface area contributed by atoms with Gasteiger partial charge in [0.25, 0.3) is 5.56 Å². The standard InChI is InChI=1S/C28H31NO4.C2H7N/c1-27-15-25(31)22-14-18-13-19(30)6-9-28(18,33)10-7-21(22)24(27)5-4-23(27)17-2-3-20-16(12-17)8-11-29-26(20)32;1-3-2/h2-4,8,11-12,14,19,24-25,30-31,33H,5-7,9-10,13,15H2,1H3,(H,29,32);3H,1-2H3/t19?,24?,25?,27?,28-;/m0./s1. The van der Waals surface area contributed by atoms with E-state index in [0.717, 1.165) is 34.9 Å². The SMILES string of the molecule is CC12CC(O)C3=C(CC[C@@]4(O)CCC(O)CC4=C3)C1CC=C2c1ccc2c(=O)[nH]ccc2c1.CNC. The molecule has 4 aliphatic rings. The molecule has 0 amide bonds. The van der Waals surface area contributed by atoms with E-state index in [-0.39, 0.29) is 16.9 Å². The smallest absolute Gasteiger partial charge is 0.255 e. The van der Waals surface area contributed by atoms with Gasteiger partial charge in [-0.05, 0) is 111 Å². The Morgan fingerprint density at radius 2 is 1.92 bits per heavy atom. The zero-order valence-corrected chi connectivity index (χ0v) is 21.5. The van der Waals surface area contributed by atoms with Gasteiger partial charge < -0.3 is 25.6 Å². The van der Waals surface area contributed by atoms with Gasteiger partial charge >= 0.3 is 0 Å². The molecule has 0 bridgehead atoms. The maximum absolute atomic E-state index is 12.1. The predicted molar refractivity (Wildman–Crippen MR) is 144 cm³/mol. The Morgan fingerprint density at radius 3 is 2.69 bits per heavy atom. The third-order valence-corrected chi connectivity index (χ3v) is 8.88. The molecule has 2 aromatic rings. The quantitative estimate of drug-likeness (QED) is 0.418. The number of hydrogen-bond acceptors (Lipinski definition) is 5. The van der Waals surface area contributed by atoms with Crippen molar-refractivity contribution in [3.05, 3.63) is 75.3 Å². The lowest BCUT2D eigenvalue weighted by molar-refractivity contribution is 0.00863. The van der Waals surface area contributed by atoms with E-state index in [9.17, 15) is 20.1 Å². The molecule has 6 heteroatoms. The van der Waals surface area contributed by atoms with Crippen molar-refractivity contribution in [3.63, 3.8) is 0 Å². The Balaban J connectivity index is 0.000000848. The van der Waals surface area contributed by atoms with Gasteiger partial charge in [-0.1, -0.05) is 30.7 Å². The van der Waals surface area contributed by atoms with Crippen LogP contribution in [0.5, 0.6) is 0 Å². The third-order valence-electron chi connectivity index (χ3n) is 8.88. The van der Waals surface area contributed by atoms with Gasteiger partial charge in [-0.2, -0.15) is 0 Å². The molecule has 1 aromatic carbocycles. The molecule has 4 unspecified atom stereocenters. The van der Waals surface area contributed by atoms with Crippen LogP contribution >= 0.6 is 0 Å². The van der Waals surface area contributed by atoms with Gasteiger partial charge in [0.05, 0.1) is 17.8 Å². The summed E-state index contributed by atoms with van der Waals surface area (Å²) in [7, 11) is 3.75. The highest BCUT2D eigenvalue weighted by molar-refractivity contribution is 5.87. The number of benzene rings is 1. The lowest BCUT2D eigenvalue weighted by Crippen LogP contribution is -2.38. The van der Waals surface area contributed by atoms with Crippen LogP contribution in [0, 0.1) is 11.3 Å². The largest absolute Gasteiger partial charge is 0.393 e. The van der Waals surface area contributed by atoms with Crippen LogP contribution < -0.4 is 10.9 Å². The number of aliphatic hydroxyl groups is 3. The molecule has 1 heterocycles. The van der Waals surface area contributed by atoms with E-state index >= 15 is 0 Å². The molecule has 1 saturated carbocycles. The van der Waals surface area contributed by atoms with Crippen LogP contribution in [0.3, 0.4) is 0 Å². The maximum atomic E-state index is 12.1. The van der Waals surface area contributed by atoms with Crippen molar-refractivity contribution in [2.45, 2.75) is 69.7 Å². The lowest BCUT2D eigenvalue weighted by atomic mass is 9.61. The van der Waals surface area contributed by atoms with Gasteiger partial charge in [0.1, 0.15) is 0 Å². The van der Waals surface area contributed by atoms with Gasteiger partial charge in [-0.15, -0.1) is 0 Å². The van der Waals surface area contributed by atoms with Crippen LogP contribution in [0.4, 0.5) is 0 Å². The molecule has 0 spiro atoms. The molecule has 6 nitrogen and oxygen atoms in total. The first-order chi connectivity index (χ1) is 17.2. The summed E-state index contributed by atoms with van der Waals surface area (Å²) in [4.78, 5) is 14.9. The second kappa shape index (κ2) is 9.42. The molecule has 36 heavy (non-hydrogen) atoms. The fourth-order valence-corrected chi connectivity index (χ4v) is 7.06. The van der Waals surface area contributed by atoms with Gasteiger partial charge in [-0.3, -0.25) is 4.79 Å². The van der Waals surface area contributed by atoms with Crippen molar-refractivity contribution in [1.82, 2.24) is 10.3 Å². The fourth-order valence-electron chi connectivity index (χ4n) is 7.06. The molecule has 0 aliphatic heterocycles. The minimum absolute atomic E-state index is 0.0811. The van der Waals surface area contributed by atoms with E-state index in [1.54, 1.807) is 6.20 Å². The summed E-state index contributed by atoms with van der Waals surface area (Å²) in [6, 6.07) is 7.95. The van der Waals surface area contributed by atoms with Gasteiger partial charge in [-0.25, -0.2) is 0 Å². The minimum Gasteiger partial charge on any atom is -0.393 e. The molecule has 192 valence electrons. The molecule has 1 fully saturated rings. The van der Waals surface area contributed by atoms with Crippen LogP contribution in [-0.4, -0.2) is 52.2 Å². The zero-order chi connectivity index (χ0) is 25.7. The summed E-state index contributed by atoms with van der Waals surface area (Å²) in [5.41, 5.74) is 4.32. The zero-order valence-electron chi connectivity index (χ0n) is 21.5. The van der Waals surface area contributed by atoms with Crippen LogP contribution in [0.15, 0.2) is 64.1 Å². The predicted octanol–water partition coefficient (Wildman–Crippen LogP) is 3.83. The second-order valence-electron chi connectivity index (χ2n) is 11.2. The highest BCUT2D eigenvalue weighted by Gasteiger charge is 2.50. The summed E-state index contributed by atoms with van der Waals surface area (Å²) in [6.07, 6.45) is 9.66. The number of pyridine rings is 1. The Morgan fingerprint density at radius 1 is 1.14 bits per heavy atom. The van der Waals surface area contributed by atoms with E-state index in [4.69, 9.17) is 0 Å². The maximum Gasteiger partial charge on any atom is 0.255 e. The Labute approximate surface area is 212 Å². The number of nitrogens with one attached hydrogen (secondary N) is 2. The molecular weight excluding hydrogens is 452 g/mol. The topological polar surface area (TPSA) is 106 Å². The van der Waals surface area contributed by atoms with Crippen molar-refractivity contribution in [2.75, 3.05) is 14.1 Å². The van der Waals surface area contributed by atoms with Gasteiger partial charge in [0.15, 0.2) is 0 Å². The number of hydrogen-bond donors (Lipinski definition) is 5. The molecular formula is C30H38N2O4. The summed E-state index contributed by atoms with van der Waals surface area (Å²) in [5.74, 6) is 0.284. The molecule has 5 atom stereocenters. The van der Waals surface area contributed by atoms with Crippen molar-refractivity contribution in [3.8, 4) is 0 Å². The average Bonchev–Trinajstić information content (AvgIpc) is 3.09. The number of H-pyrrole nitrogens is 1. The first-order valence-corrected chi connectivity index (χ1v) is 13.1. The number of fused-ring (bicyclic) bond motifs is 4. The van der Waals surface area contributed by atoms with Crippen LogP contribution in [0.25, 0.3) is 16.3 Å². The minimum atomic E-state index is -0.868. The number of aromatic amines is 1. The van der Waals surface area contributed by atoms with Crippen molar-refractivity contribution in [2.24, 2.45) is 11.3 Å². The molecule has 0 saturated heterocycles. The van der Waals surface area contributed by atoms with E-state index < -0.39 is 17.8 Å². The highest BCUT2D eigenvalue weighted by atomic mass is 16.3. The number of allylic oxidation sites excluding steroid dienone is 3. The van der Waals surface area contributed by atoms with Gasteiger partial charge in [0.2, 0.25) is 0 Å². The van der Waals surface area contributed by atoms with Crippen molar-refractivity contribution < 1.29 is 15.3 Å². The first kappa shape index (κ1) is 25.2. The van der Waals surface area contributed by atoms with E-state index in [2.05, 4.69) is 29.4 Å². The van der Waals surface area contributed by atoms with Crippen molar-refractivity contribution in [1.29, 1.82) is 0 Å². The summed E-state index contributed by atoms with van der Waals surface area (Å²) < 4.78 is 0. The average molecular weight is 491 g/mol. The summed E-state index contributed by atoms with van der Waals surface area (Å²) in [5, 5.41) is 37.2. The van der Waals surface area contributed by atoms with Gasteiger partial charge in [0, 0.05) is 17.0 Å². The van der Waals surface area contributed by atoms with Crippen LogP contribution in [0.2, 0.25) is 0 Å². The molecule has 5 N–H and O–H groups in total. The number of rotatable bonds is 1. The van der Waals surface area contributed by atoms with E-state index in [1.807, 2.05) is 38.4 Å². The van der Waals surface area contributed by atoms with Crippen LogP contribution in [0.1, 0.15) is 57.4 Å². The summed E-state index contributed by atoms with van der Waals surface area (Å²) >= 11 is 0. The second-order valence-corrected chi connectivity index (χ2v) is 11.2. The third kappa shape index (κ3) is 4.10. The molecule has 1 aromatic heterocycles. The Kier molecular flexibility index (Phi) is 6.58. The molecule has 6 rings (SSSR count). The normalized spacial score (nSPS) is 33.4. The highest BCUT2D eigenvalue weighted by Crippen LogP contribution is 2.60. The van der Waals surface area contributed by atoms with E-state index in [1.165, 1.54) is 11.1 Å². The fraction of sp³-hybridized carbons (Fsp3) is 0.500. The van der Waals surface area contributed by atoms with Crippen LogP contribution in [-0.2, 0) is 0 Å². The van der Waals surface area contributed by atoms with Crippen molar-refractivity contribution >= 4 is 16.3 Å². The molecule has 4 aliphatic carbocycles. The summed E-state index contributed by atoms with van der Waals surface area (Å²) in [6.45, 7) is 2.26. The number of aromatic nitrogens is 1. The molecule has 0 radical (unpaired) electrons. The first-order valence-electron chi connectivity index (χ1n) is 13.1. The Hall–Kier alpha value is -2.51.